The molecular formula is C18H20FN3O4. The monoisotopic (exact) mass is 361 g/mol. The number of benzene rings is 2. The highest BCUT2D eigenvalue weighted by Crippen LogP contribution is 2.38. The second kappa shape index (κ2) is 9.36. The molecular weight excluding hydrogens is 341 g/mol. The lowest BCUT2D eigenvalue weighted by molar-refractivity contribution is -0.386. The summed E-state index contributed by atoms with van der Waals surface area (Å²) in [7, 11) is 0. The highest BCUT2D eigenvalue weighted by molar-refractivity contribution is 5.83. The lowest BCUT2D eigenvalue weighted by Crippen LogP contribution is -2.04. The SMILES string of the molecule is CCCOc1c(OCC)cc(/C=N/Nc2ccc(F)cc2)cc1[N+](=O)[O-]. The van der Waals surface area contributed by atoms with Crippen molar-refractivity contribution in [1.82, 2.24) is 0 Å². The molecule has 0 amide bonds. The van der Waals surface area contributed by atoms with Gasteiger partial charge in [0.05, 0.1) is 30.0 Å². The number of nitrogens with one attached hydrogen (secondary N) is 1. The quantitative estimate of drug-likeness (QED) is 0.407. The minimum atomic E-state index is -0.516. The Morgan fingerprint density at radius 3 is 2.58 bits per heavy atom. The van der Waals surface area contributed by atoms with E-state index in [0.29, 0.717) is 36.6 Å². The molecule has 7 nitrogen and oxygen atoms in total. The summed E-state index contributed by atoms with van der Waals surface area (Å²) in [6.07, 6.45) is 2.13. The number of rotatable bonds is 9. The van der Waals surface area contributed by atoms with Crippen LogP contribution in [0.2, 0.25) is 0 Å². The molecule has 0 saturated heterocycles. The van der Waals surface area contributed by atoms with Gasteiger partial charge in [-0.05, 0) is 43.7 Å². The lowest BCUT2D eigenvalue weighted by Gasteiger charge is -2.12. The van der Waals surface area contributed by atoms with Gasteiger partial charge in [-0.3, -0.25) is 15.5 Å². The number of halogens is 1. The van der Waals surface area contributed by atoms with Gasteiger partial charge in [0.15, 0.2) is 5.75 Å². The van der Waals surface area contributed by atoms with Crippen molar-refractivity contribution in [2.24, 2.45) is 5.10 Å². The molecule has 2 rings (SSSR count). The molecule has 0 aliphatic carbocycles. The van der Waals surface area contributed by atoms with Crippen LogP contribution in [0.3, 0.4) is 0 Å². The fourth-order valence-corrected chi connectivity index (χ4v) is 2.14. The molecule has 2 aromatic carbocycles. The van der Waals surface area contributed by atoms with E-state index in [1.807, 2.05) is 6.92 Å². The van der Waals surface area contributed by atoms with E-state index in [1.165, 1.54) is 36.5 Å². The summed E-state index contributed by atoms with van der Waals surface area (Å²) in [5, 5.41) is 15.4. The maximum absolute atomic E-state index is 12.9. The first-order valence-electron chi connectivity index (χ1n) is 8.17. The lowest BCUT2D eigenvalue weighted by atomic mass is 10.2. The van der Waals surface area contributed by atoms with Crippen molar-refractivity contribution < 1.29 is 18.8 Å². The number of hydrazone groups is 1. The van der Waals surface area contributed by atoms with E-state index in [0.717, 1.165) is 0 Å². The average Bonchev–Trinajstić information content (AvgIpc) is 2.62. The largest absolute Gasteiger partial charge is 0.490 e. The fourth-order valence-electron chi connectivity index (χ4n) is 2.14. The zero-order chi connectivity index (χ0) is 18.9. The molecule has 0 saturated carbocycles. The molecule has 0 radical (unpaired) electrons. The Hall–Kier alpha value is -3.16. The molecule has 0 aromatic heterocycles. The molecule has 0 spiro atoms. The third-order valence-corrected chi connectivity index (χ3v) is 3.26. The summed E-state index contributed by atoms with van der Waals surface area (Å²) in [6.45, 7) is 4.38. The van der Waals surface area contributed by atoms with Crippen molar-refractivity contribution in [3.05, 3.63) is 57.9 Å². The van der Waals surface area contributed by atoms with Gasteiger partial charge >= 0.3 is 5.69 Å². The van der Waals surface area contributed by atoms with Crippen LogP contribution in [-0.2, 0) is 0 Å². The van der Waals surface area contributed by atoms with Crippen LogP contribution < -0.4 is 14.9 Å². The number of nitro groups is 1. The Balaban J connectivity index is 2.28. The van der Waals surface area contributed by atoms with Crippen LogP contribution in [0.1, 0.15) is 25.8 Å². The van der Waals surface area contributed by atoms with E-state index in [2.05, 4.69) is 10.5 Å². The van der Waals surface area contributed by atoms with Gasteiger partial charge in [-0.2, -0.15) is 5.10 Å². The molecule has 0 unspecified atom stereocenters. The van der Waals surface area contributed by atoms with Crippen LogP contribution in [0.25, 0.3) is 0 Å². The Kier molecular flexibility index (Phi) is 6.90. The van der Waals surface area contributed by atoms with Gasteiger partial charge in [0.2, 0.25) is 5.75 Å². The third kappa shape index (κ3) is 5.17. The van der Waals surface area contributed by atoms with Gasteiger partial charge < -0.3 is 9.47 Å². The number of hydrogen-bond acceptors (Lipinski definition) is 6. The topological polar surface area (TPSA) is 86.0 Å². The summed E-state index contributed by atoms with van der Waals surface area (Å²) in [5.74, 6) is 0.0555. The smallest absolute Gasteiger partial charge is 0.315 e. The molecule has 138 valence electrons. The number of nitrogens with zero attached hydrogens (tertiary/aromatic N) is 2. The van der Waals surface area contributed by atoms with E-state index in [9.17, 15) is 14.5 Å². The first-order chi connectivity index (χ1) is 12.5. The molecule has 1 N–H and O–H groups in total. The summed E-state index contributed by atoms with van der Waals surface area (Å²) in [5.41, 5.74) is 3.60. The maximum Gasteiger partial charge on any atom is 0.315 e. The predicted molar refractivity (Wildman–Crippen MR) is 97.7 cm³/mol. The standard InChI is InChI=1S/C18H20FN3O4/c1-3-9-26-18-16(22(23)24)10-13(11-17(18)25-4-2)12-20-21-15-7-5-14(19)6-8-15/h5-8,10-12,21H,3-4,9H2,1-2H3/b20-12+. The summed E-state index contributed by atoms with van der Waals surface area (Å²) in [4.78, 5) is 10.9. The van der Waals surface area contributed by atoms with Gasteiger partial charge in [0.25, 0.3) is 0 Å². The Morgan fingerprint density at radius 1 is 1.23 bits per heavy atom. The summed E-state index contributed by atoms with van der Waals surface area (Å²) in [6, 6.07) is 8.65. The van der Waals surface area contributed by atoms with E-state index in [4.69, 9.17) is 9.47 Å². The molecule has 0 fully saturated rings. The van der Waals surface area contributed by atoms with Crippen molar-refractivity contribution in [1.29, 1.82) is 0 Å². The van der Waals surface area contributed by atoms with Gasteiger partial charge in [0.1, 0.15) is 5.82 Å². The second-order valence-electron chi connectivity index (χ2n) is 5.28. The predicted octanol–water partition coefficient (Wildman–Crippen LogP) is 4.37. The van der Waals surface area contributed by atoms with Crippen LogP contribution in [0, 0.1) is 15.9 Å². The molecule has 0 aliphatic heterocycles. The van der Waals surface area contributed by atoms with E-state index < -0.39 is 4.92 Å². The fraction of sp³-hybridized carbons (Fsp3) is 0.278. The molecule has 0 heterocycles. The summed E-state index contributed by atoms with van der Waals surface area (Å²) >= 11 is 0. The maximum atomic E-state index is 12.9. The minimum Gasteiger partial charge on any atom is -0.490 e. The van der Waals surface area contributed by atoms with Crippen molar-refractivity contribution in [2.45, 2.75) is 20.3 Å². The molecule has 0 bridgehead atoms. The first kappa shape index (κ1) is 19.2. The van der Waals surface area contributed by atoms with E-state index in [1.54, 1.807) is 13.0 Å². The van der Waals surface area contributed by atoms with Crippen molar-refractivity contribution in [3.63, 3.8) is 0 Å². The Labute approximate surface area is 150 Å². The van der Waals surface area contributed by atoms with Crippen molar-refractivity contribution in [2.75, 3.05) is 18.6 Å². The Bertz CT molecular complexity index is 779. The van der Waals surface area contributed by atoms with E-state index in [-0.39, 0.29) is 17.3 Å². The van der Waals surface area contributed by atoms with Crippen LogP contribution in [0.15, 0.2) is 41.5 Å². The second-order valence-corrected chi connectivity index (χ2v) is 5.28. The summed E-state index contributed by atoms with van der Waals surface area (Å²) < 4.78 is 23.9. The minimum absolute atomic E-state index is 0.113. The number of ether oxygens (including phenoxy) is 2. The van der Waals surface area contributed by atoms with Gasteiger partial charge in [-0.15, -0.1) is 0 Å². The van der Waals surface area contributed by atoms with Gasteiger partial charge in [-0.25, -0.2) is 4.39 Å². The molecule has 8 heteroatoms. The average molecular weight is 361 g/mol. The zero-order valence-electron chi connectivity index (χ0n) is 14.6. The highest BCUT2D eigenvalue weighted by Gasteiger charge is 2.22. The van der Waals surface area contributed by atoms with Gasteiger partial charge in [0, 0.05) is 11.6 Å². The van der Waals surface area contributed by atoms with Crippen LogP contribution in [-0.4, -0.2) is 24.4 Å². The van der Waals surface area contributed by atoms with E-state index >= 15 is 0 Å². The first-order valence-corrected chi connectivity index (χ1v) is 8.17. The van der Waals surface area contributed by atoms with Crippen molar-refractivity contribution >= 4 is 17.6 Å². The molecule has 0 atom stereocenters. The number of anilines is 1. The zero-order valence-corrected chi connectivity index (χ0v) is 14.6. The molecule has 26 heavy (non-hydrogen) atoms. The Morgan fingerprint density at radius 2 is 1.96 bits per heavy atom. The van der Waals surface area contributed by atoms with Crippen molar-refractivity contribution in [3.8, 4) is 11.5 Å². The third-order valence-electron chi connectivity index (χ3n) is 3.26. The number of nitro benzene ring substituents is 1. The molecule has 2 aromatic rings. The van der Waals surface area contributed by atoms with Crippen LogP contribution in [0.5, 0.6) is 11.5 Å². The van der Waals surface area contributed by atoms with Crippen LogP contribution >= 0.6 is 0 Å². The number of hydrogen-bond donors (Lipinski definition) is 1. The normalized spacial score (nSPS) is 10.7. The van der Waals surface area contributed by atoms with Gasteiger partial charge in [-0.1, -0.05) is 6.92 Å². The van der Waals surface area contributed by atoms with Crippen LogP contribution in [0.4, 0.5) is 15.8 Å². The molecule has 0 aliphatic rings. The highest BCUT2D eigenvalue weighted by atomic mass is 19.1.